The summed E-state index contributed by atoms with van der Waals surface area (Å²) >= 11 is 0. The Morgan fingerprint density at radius 1 is 1.75 bits per heavy atom. The second-order valence-electron chi connectivity index (χ2n) is 1.73. The smallest absolute Gasteiger partial charge is 0.333 e. The van der Waals surface area contributed by atoms with E-state index in [-0.39, 0.29) is 0 Å². The van der Waals surface area contributed by atoms with E-state index in [1.54, 1.807) is 0 Å². The van der Waals surface area contributed by atoms with E-state index in [4.69, 9.17) is 10.2 Å². The van der Waals surface area contributed by atoms with Crippen molar-refractivity contribution in [2.45, 2.75) is 6.29 Å². The maximum absolute atomic E-state index is 9.98. The summed E-state index contributed by atoms with van der Waals surface area (Å²) in [6.07, 6.45) is 2.29. The Balaban J connectivity index is 0.000000217. The molecule has 0 spiro atoms. The Hall–Kier alpha value is -1.62. The molecule has 0 radical (unpaired) electrons. The summed E-state index contributed by atoms with van der Waals surface area (Å²) in [4.78, 5) is 19.2. The predicted octanol–water partition coefficient (Wildman–Crippen LogP) is -0.325. The molecule has 0 saturated heterocycles. The minimum absolute atomic E-state index is 0.479. The molecule has 2 N–H and O–H groups in total. The zero-order chi connectivity index (χ0) is 9.56. The van der Waals surface area contributed by atoms with Gasteiger partial charge in [-0.3, -0.25) is 0 Å². The highest BCUT2D eigenvalue weighted by atomic mass is 16.6. The molecule has 0 bridgehead atoms. The van der Waals surface area contributed by atoms with Crippen LogP contribution in [0.1, 0.15) is 0 Å². The molecular formula is C7H8O5. The number of carbonyl (C=O) groups excluding carboxylic acids is 1. The van der Waals surface area contributed by atoms with E-state index in [1.165, 1.54) is 12.2 Å². The maximum atomic E-state index is 9.98. The van der Waals surface area contributed by atoms with Gasteiger partial charge in [0, 0.05) is 12.2 Å². The third kappa shape index (κ3) is 5.19. The number of carbonyl (C=O) groups is 2. The molecule has 1 unspecified atom stereocenters. The van der Waals surface area contributed by atoms with E-state index in [0.717, 1.165) is 6.08 Å². The molecule has 0 fully saturated rings. The van der Waals surface area contributed by atoms with Crippen LogP contribution in [-0.2, 0) is 14.3 Å². The highest BCUT2D eigenvalue weighted by Gasteiger charge is 2.10. The SMILES string of the molecule is C=CC(=O)O.O=C1C=CC(O)O1. The first-order valence-corrected chi connectivity index (χ1v) is 2.98. The normalized spacial score (nSPS) is 19.1. The van der Waals surface area contributed by atoms with Crippen LogP contribution in [0.3, 0.4) is 0 Å². The Morgan fingerprint density at radius 3 is 2.33 bits per heavy atom. The second kappa shape index (κ2) is 5.09. The number of ether oxygens (including phenoxy) is 1. The van der Waals surface area contributed by atoms with Crippen molar-refractivity contribution in [3.8, 4) is 0 Å². The average molecular weight is 172 g/mol. The van der Waals surface area contributed by atoms with Crippen LogP contribution in [0.4, 0.5) is 0 Å². The molecule has 66 valence electrons. The van der Waals surface area contributed by atoms with Gasteiger partial charge in [-0.25, -0.2) is 9.59 Å². The van der Waals surface area contributed by atoms with Crippen molar-refractivity contribution in [1.82, 2.24) is 0 Å². The number of esters is 1. The van der Waals surface area contributed by atoms with E-state index in [1.807, 2.05) is 0 Å². The number of carboxylic acid groups (broad SMARTS) is 1. The van der Waals surface area contributed by atoms with Crippen molar-refractivity contribution in [2.75, 3.05) is 0 Å². The third-order valence-electron chi connectivity index (χ3n) is 0.808. The van der Waals surface area contributed by atoms with Gasteiger partial charge in [-0.1, -0.05) is 6.58 Å². The van der Waals surface area contributed by atoms with E-state index in [9.17, 15) is 9.59 Å². The fraction of sp³-hybridized carbons (Fsp3) is 0.143. The fourth-order valence-electron chi connectivity index (χ4n) is 0.358. The zero-order valence-electron chi connectivity index (χ0n) is 6.14. The van der Waals surface area contributed by atoms with Gasteiger partial charge in [0.1, 0.15) is 0 Å². The quantitative estimate of drug-likeness (QED) is 0.418. The number of aliphatic hydroxyl groups excluding tert-OH is 1. The van der Waals surface area contributed by atoms with Crippen molar-refractivity contribution in [1.29, 1.82) is 0 Å². The van der Waals surface area contributed by atoms with Gasteiger partial charge < -0.3 is 14.9 Å². The molecule has 0 saturated carbocycles. The molecule has 1 rings (SSSR count). The zero-order valence-corrected chi connectivity index (χ0v) is 6.14. The molecule has 0 aromatic rings. The molecule has 0 aromatic carbocycles. The average Bonchev–Trinajstić information content (AvgIpc) is 2.36. The van der Waals surface area contributed by atoms with Crippen molar-refractivity contribution < 1.29 is 24.5 Å². The Kier molecular flexibility index (Phi) is 4.40. The van der Waals surface area contributed by atoms with Crippen LogP contribution >= 0.6 is 0 Å². The number of hydrogen-bond donors (Lipinski definition) is 2. The van der Waals surface area contributed by atoms with Crippen molar-refractivity contribution in [3.05, 3.63) is 24.8 Å². The lowest BCUT2D eigenvalue weighted by atomic mass is 10.5. The molecule has 0 amide bonds. The number of aliphatic carboxylic acids is 1. The number of aliphatic hydroxyl groups is 1. The standard InChI is InChI=1S/C4H4O3.C3H4O2/c5-3-1-2-4(6)7-3;1-2-3(4)5/h1-3,5H;2H,1H2,(H,4,5). The van der Waals surface area contributed by atoms with E-state index >= 15 is 0 Å². The highest BCUT2D eigenvalue weighted by Crippen LogP contribution is 1.98. The summed E-state index contributed by atoms with van der Waals surface area (Å²) in [5.41, 5.74) is 0. The molecule has 1 heterocycles. The second-order valence-corrected chi connectivity index (χ2v) is 1.73. The number of carboxylic acids is 1. The van der Waals surface area contributed by atoms with Gasteiger partial charge in [0.15, 0.2) is 0 Å². The third-order valence-corrected chi connectivity index (χ3v) is 0.808. The number of cyclic esters (lactones) is 1. The first-order chi connectivity index (χ1) is 5.56. The monoisotopic (exact) mass is 172 g/mol. The van der Waals surface area contributed by atoms with Gasteiger partial charge >= 0.3 is 11.9 Å². The van der Waals surface area contributed by atoms with Gasteiger partial charge in [-0.15, -0.1) is 0 Å². The van der Waals surface area contributed by atoms with Crippen LogP contribution in [0.2, 0.25) is 0 Å². The Labute approximate surface area is 68.6 Å². The number of rotatable bonds is 1. The predicted molar refractivity (Wildman–Crippen MR) is 39.1 cm³/mol. The largest absolute Gasteiger partial charge is 0.478 e. The molecule has 12 heavy (non-hydrogen) atoms. The van der Waals surface area contributed by atoms with Crippen LogP contribution < -0.4 is 0 Å². The molecule has 5 nitrogen and oxygen atoms in total. The molecule has 5 heteroatoms. The minimum atomic E-state index is -1.01. The summed E-state index contributed by atoms with van der Waals surface area (Å²) in [6.45, 7) is 2.96. The first kappa shape index (κ1) is 10.4. The van der Waals surface area contributed by atoms with E-state index in [0.29, 0.717) is 0 Å². The first-order valence-electron chi connectivity index (χ1n) is 2.98. The lowest BCUT2D eigenvalue weighted by Crippen LogP contribution is -2.04. The molecule has 1 aliphatic rings. The highest BCUT2D eigenvalue weighted by molar-refractivity contribution is 5.84. The lowest BCUT2D eigenvalue weighted by molar-refractivity contribution is -0.150. The molecule has 0 aromatic heterocycles. The van der Waals surface area contributed by atoms with Gasteiger partial charge in [0.25, 0.3) is 0 Å². The lowest BCUT2D eigenvalue weighted by Gasteiger charge is -1.94. The van der Waals surface area contributed by atoms with Crippen molar-refractivity contribution >= 4 is 11.9 Å². The fourth-order valence-corrected chi connectivity index (χ4v) is 0.358. The molecular weight excluding hydrogens is 164 g/mol. The maximum Gasteiger partial charge on any atom is 0.333 e. The van der Waals surface area contributed by atoms with Gasteiger partial charge in [0.05, 0.1) is 0 Å². The van der Waals surface area contributed by atoms with Crippen LogP contribution in [0.25, 0.3) is 0 Å². The van der Waals surface area contributed by atoms with E-state index < -0.39 is 18.2 Å². The minimum Gasteiger partial charge on any atom is -0.478 e. The summed E-state index contributed by atoms with van der Waals surface area (Å²) in [5.74, 6) is -1.46. The van der Waals surface area contributed by atoms with Gasteiger partial charge in [-0.2, -0.15) is 0 Å². The van der Waals surface area contributed by atoms with Crippen LogP contribution in [-0.4, -0.2) is 28.4 Å². The molecule has 1 aliphatic heterocycles. The topological polar surface area (TPSA) is 83.8 Å². The van der Waals surface area contributed by atoms with E-state index in [2.05, 4.69) is 11.3 Å². The van der Waals surface area contributed by atoms with Gasteiger partial charge in [0.2, 0.25) is 6.29 Å². The Morgan fingerprint density at radius 2 is 2.25 bits per heavy atom. The molecule has 0 aliphatic carbocycles. The summed E-state index contributed by atoms with van der Waals surface area (Å²) < 4.78 is 4.17. The van der Waals surface area contributed by atoms with Crippen molar-refractivity contribution in [3.63, 3.8) is 0 Å². The van der Waals surface area contributed by atoms with Crippen LogP contribution in [0.5, 0.6) is 0 Å². The van der Waals surface area contributed by atoms with Gasteiger partial charge in [-0.05, 0) is 6.08 Å². The number of hydrogen-bond acceptors (Lipinski definition) is 4. The van der Waals surface area contributed by atoms with Crippen LogP contribution in [0.15, 0.2) is 24.8 Å². The van der Waals surface area contributed by atoms with Crippen LogP contribution in [0, 0.1) is 0 Å². The summed E-state index contributed by atoms with van der Waals surface area (Å²) in [6, 6.07) is 0. The van der Waals surface area contributed by atoms with Crippen molar-refractivity contribution in [2.24, 2.45) is 0 Å². The summed E-state index contributed by atoms with van der Waals surface area (Å²) in [5, 5.41) is 16.0. The Bertz CT molecular complexity index is 218. The summed E-state index contributed by atoms with van der Waals surface area (Å²) in [7, 11) is 0. The molecule has 1 atom stereocenters.